The molecule has 0 saturated heterocycles. The Morgan fingerprint density at radius 2 is 1.97 bits per heavy atom. The van der Waals surface area contributed by atoms with Crippen molar-refractivity contribution in [3.63, 3.8) is 0 Å². The number of carbonyl (C=O) groups is 1. The largest absolute Gasteiger partial charge is 0.385 e. The Hall–Kier alpha value is -1.85. The maximum Gasteiger partial charge on any atom is 0.217 e. The molecule has 0 aromatic heterocycles. The van der Waals surface area contributed by atoms with Gasteiger partial charge in [0.1, 0.15) is 0 Å². The third kappa shape index (κ3) is 7.48. The summed E-state index contributed by atoms with van der Waals surface area (Å²) in [5, 5.41) is 10.3. The topological polar surface area (TPSA) is 62.4 Å². The molecule has 1 amide bonds. The van der Waals surface area contributed by atoms with Crippen molar-refractivity contribution in [1.82, 2.24) is 10.6 Å². The van der Waals surface area contributed by atoms with E-state index in [2.05, 4.69) is 74.0 Å². The van der Waals surface area contributed by atoms with Crippen LogP contribution in [0.5, 0.6) is 0 Å². The Balaban J connectivity index is 1.85. The van der Waals surface area contributed by atoms with Gasteiger partial charge in [-0.05, 0) is 57.7 Å². The molecule has 0 spiro atoms. The molecule has 1 aromatic rings. The van der Waals surface area contributed by atoms with E-state index in [1.54, 1.807) is 6.92 Å². The molecule has 3 N–H and O–H groups in total. The summed E-state index contributed by atoms with van der Waals surface area (Å²) >= 11 is 0. The number of ether oxygens (including phenoxy) is 1. The zero-order valence-electron chi connectivity index (χ0n) is 18.8. The van der Waals surface area contributed by atoms with Crippen LogP contribution in [0.4, 0.5) is 5.69 Å². The number of benzene rings is 1. The third-order valence-corrected chi connectivity index (χ3v) is 5.59. The van der Waals surface area contributed by atoms with Crippen molar-refractivity contribution in [2.24, 2.45) is 0 Å². The summed E-state index contributed by atoms with van der Waals surface area (Å²) in [7, 11) is 0. The van der Waals surface area contributed by atoms with Crippen molar-refractivity contribution >= 4 is 11.6 Å². The number of carbonyl (C=O) groups excluding carboxylic acids is 1. The monoisotopic (exact) mass is 401 g/mol. The smallest absolute Gasteiger partial charge is 0.217 e. The van der Waals surface area contributed by atoms with Crippen LogP contribution in [-0.4, -0.2) is 43.3 Å². The van der Waals surface area contributed by atoms with E-state index in [0.717, 1.165) is 38.8 Å². The van der Waals surface area contributed by atoms with Gasteiger partial charge in [-0.1, -0.05) is 43.7 Å². The van der Waals surface area contributed by atoms with Crippen LogP contribution in [-0.2, 0) is 9.53 Å². The van der Waals surface area contributed by atoms with Gasteiger partial charge in [-0.3, -0.25) is 4.79 Å². The lowest BCUT2D eigenvalue weighted by Crippen LogP contribution is -2.57. The van der Waals surface area contributed by atoms with Gasteiger partial charge >= 0.3 is 0 Å². The van der Waals surface area contributed by atoms with Gasteiger partial charge in [0.05, 0.1) is 18.2 Å². The number of amides is 1. The van der Waals surface area contributed by atoms with E-state index in [9.17, 15) is 4.79 Å². The van der Waals surface area contributed by atoms with Crippen molar-refractivity contribution in [2.45, 2.75) is 84.6 Å². The van der Waals surface area contributed by atoms with Crippen LogP contribution in [0.15, 0.2) is 30.4 Å². The number of nitrogens with one attached hydrogen (secondary N) is 3. The first-order chi connectivity index (χ1) is 13.9. The number of anilines is 1. The quantitative estimate of drug-likeness (QED) is 0.386. The van der Waals surface area contributed by atoms with Crippen molar-refractivity contribution in [2.75, 3.05) is 18.4 Å². The predicted molar refractivity (Wildman–Crippen MR) is 121 cm³/mol. The Morgan fingerprint density at radius 1 is 1.21 bits per heavy atom. The molecule has 0 saturated carbocycles. The third-order valence-electron chi connectivity index (χ3n) is 5.59. The van der Waals surface area contributed by atoms with Crippen molar-refractivity contribution in [1.29, 1.82) is 0 Å². The number of hydrogen-bond donors (Lipinski definition) is 3. The molecular weight excluding hydrogens is 362 g/mol. The van der Waals surface area contributed by atoms with Gasteiger partial charge in [0.2, 0.25) is 5.91 Å². The minimum Gasteiger partial charge on any atom is -0.385 e. The Labute approximate surface area is 176 Å². The fourth-order valence-corrected chi connectivity index (χ4v) is 3.93. The molecule has 2 rings (SSSR count). The molecule has 0 unspecified atom stereocenters. The summed E-state index contributed by atoms with van der Waals surface area (Å²) < 4.78 is 6.29. The minimum atomic E-state index is -0.0802. The van der Waals surface area contributed by atoms with Crippen LogP contribution >= 0.6 is 0 Å². The molecular formula is C24H39N3O2. The van der Waals surface area contributed by atoms with Crippen LogP contribution < -0.4 is 16.0 Å². The molecule has 1 aromatic carbocycles. The Bertz CT molecular complexity index is 670. The van der Waals surface area contributed by atoms with Crippen molar-refractivity contribution < 1.29 is 9.53 Å². The Kier molecular flexibility index (Phi) is 9.68. The zero-order valence-corrected chi connectivity index (χ0v) is 18.8. The van der Waals surface area contributed by atoms with Gasteiger partial charge in [-0.2, -0.15) is 0 Å². The number of rotatable bonds is 11. The maximum atomic E-state index is 11.8. The minimum absolute atomic E-state index is 0.00763. The normalized spacial score (nSPS) is 21.4. The van der Waals surface area contributed by atoms with Gasteiger partial charge in [0, 0.05) is 25.2 Å². The molecule has 5 nitrogen and oxygen atoms in total. The van der Waals surface area contributed by atoms with E-state index in [1.807, 2.05) is 0 Å². The Morgan fingerprint density at radius 3 is 2.62 bits per heavy atom. The second kappa shape index (κ2) is 12.0. The molecule has 3 atom stereocenters. The SMILES string of the molecule is CCC(CC)O[C@@H]1C=CC[C@H](NCCCNc2ccc(C)cc2C)[C@H]1NC(C)=O. The second-order valence-electron chi connectivity index (χ2n) is 8.09. The average Bonchev–Trinajstić information content (AvgIpc) is 2.68. The highest BCUT2D eigenvalue weighted by Crippen LogP contribution is 2.20. The molecule has 0 heterocycles. The van der Waals surface area contributed by atoms with Gasteiger partial charge in [-0.25, -0.2) is 0 Å². The highest BCUT2D eigenvalue weighted by molar-refractivity contribution is 5.73. The van der Waals surface area contributed by atoms with E-state index in [4.69, 9.17) is 4.74 Å². The molecule has 29 heavy (non-hydrogen) atoms. The fourth-order valence-electron chi connectivity index (χ4n) is 3.93. The average molecular weight is 402 g/mol. The lowest BCUT2D eigenvalue weighted by atomic mass is 9.92. The van der Waals surface area contributed by atoms with Gasteiger partial charge < -0.3 is 20.7 Å². The van der Waals surface area contributed by atoms with Crippen LogP contribution in [0.1, 0.15) is 57.6 Å². The first-order valence-corrected chi connectivity index (χ1v) is 11.1. The standard InChI is InChI=1S/C24H39N3O2/c1-6-20(7-2)29-23-11-8-10-22(24(23)27-19(5)28)26-15-9-14-25-21-13-12-17(3)16-18(21)4/h8,11-13,16,20,22-26H,6-7,9-10,14-15H2,1-5H3,(H,27,28)/t22-,23+,24+/m0/s1. The van der Waals surface area contributed by atoms with Gasteiger partial charge in [0.15, 0.2) is 0 Å². The van der Waals surface area contributed by atoms with E-state index < -0.39 is 0 Å². The summed E-state index contributed by atoms with van der Waals surface area (Å²) in [5.41, 5.74) is 3.77. The summed E-state index contributed by atoms with van der Waals surface area (Å²) in [6.07, 6.45) is 8.31. The van der Waals surface area contributed by atoms with Crippen LogP contribution in [0.3, 0.4) is 0 Å². The first kappa shape index (κ1) is 23.4. The van der Waals surface area contributed by atoms with E-state index >= 15 is 0 Å². The number of hydrogen-bond acceptors (Lipinski definition) is 4. The summed E-state index contributed by atoms with van der Waals surface area (Å²) in [6.45, 7) is 11.9. The maximum absolute atomic E-state index is 11.8. The van der Waals surface area contributed by atoms with Crippen LogP contribution in [0.25, 0.3) is 0 Å². The van der Waals surface area contributed by atoms with Crippen LogP contribution in [0.2, 0.25) is 0 Å². The summed E-state index contributed by atoms with van der Waals surface area (Å²) in [6, 6.07) is 6.64. The van der Waals surface area contributed by atoms with Crippen molar-refractivity contribution in [3.05, 3.63) is 41.5 Å². The second-order valence-corrected chi connectivity index (χ2v) is 8.09. The van der Waals surface area contributed by atoms with E-state index in [-0.39, 0.29) is 30.2 Å². The fraction of sp³-hybridized carbons (Fsp3) is 0.625. The first-order valence-electron chi connectivity index (χ1n) is 11.1. The molecule has 0 fully saturated rings. The highest BCUT2D eigenvalue weighted by atomic mass is 16.5. The molecule has 162 valence electrons. The lowest BCUT2D eigenvalue weighted by molar-refractivity contribution is -0.121. The highest BCUT2D eigenvalue weighted by Gasteiger charge is 2.32. The summed E-state index contributed by atoms with van der Waals surface area (Å²) in [5.74, 6) is -0.00763. The van der Waals surface area contributed by atoms with E-state index in [0.29, 0.717) is 0 Å². The molecule has 1 aliphatic carbocycles. The van der Waals surface area contributed by atoms with Crippen LogP contribution in [0, 0.1) is 13.8 Å². The van der Waals surface area contributed by atoms with Crippen molar-refractivity contribution in [3.8, 4) is 0 Å². The lowest BCUT2D eigenvalue weighted by Gasteiger charge is -2.37. The predicted octanol–water partition coefficient (Wildman–Crippen LogP) is 4.10. The molecule has 0 bridgehead atoms. The summed E-state index contributed by atoms with van der Waals surface area (Å²) in [4.78, 5) is 11.8. The molecule has 1 aliphatic rings. The van der Waals surface area contributed by atoms with E-state index in [1.165, 1.54) is 16.8 Å². The molecule has 0 radical (unpaired) electrons. The van der Waals surface area contributed by atoms with Gasteiger partial charge in [-0.15, -0.1) is 0 Å². The zero-order chi connectivity index (χ0) is 21.2. The van der Waals surface area contributed by atoms with Gasteiger partial charge in [0.25, 0.3) is 0 Å². The molecule has 0 aliphatic heterocycles. The molecule has 5 heteroatoms. The number of aryl methyl sites for hydroxylation is 2.